The molecule has 94 valence electrons. The molecule has 3 nitrogen and oxygen atoms in total. The van der Waals surface area contributed by atoms with Crippen LogP contribution in [0.1, 0.15) is 45.4 Å². The third-order valence-electron chi connectivity index (χ3n) is 4.20. The van der Waals surface area contributed by atoms with Crippen molar-refractivity contribution in [3.05, 3.63) is 0 Å². The van der Waals surface area contributed by atoms with E-state index in [1.54, 1.807) is 0 Å². The van der Waals surface area contributed by atoms with E-state index in [1.165, 1.54) is 58.2 Å². The molecule has 1 aliphatic heterocycles. The first-order valence-corrected chi connectivity index (χ1v) is 7.02. The van der Waals surface area contributed by atoms with Crippen LogP contribution in [-0.2, 0) is 0 Å². The second kappa shape index (κ2) is 5.99. The lowest BCUT2D eigenvalue weighted by molar-refractivity contribution is 0.180. The van der Waals surface area contributed by atoms with Gasteiger partial charge in [-0.2, -0.15) is 0 Å². The number of nitrogens with zero attached hydrogens (tertiary/aromatic N) is 1. The zero-order chi connectivity index (χ0) is 11.4. The third-order valence-corrected chi connectivity index (χ3v) is 4.20. The summed E-state index contributed by atoms with van der Waals surface area (Å²) in [6.45, 7) is 6.01. The Bertz CT molecular complexity index is 199. The summed E-state index contributed by atoms with van der Waals surface area (Å²) in [5.74, 6) is 0. The SMILES string of the molecule is CCN1CCCC(NC2CCC(N)CC2)C1. The second-order valence-corrected chi connectivity index (χ2v) is 5.51. The predicted molar refractivity (Wildman–Crippen MR) is 68.5 cm³/mol. The van der Waals surface area contributed by atoms with Gasteiger partial charge < -0.3 is 16.0 Å². The maximum atomic E-state index is 5.94. The van der Waals surface area contributed by atoms with Gasteiger partial charge in [-0.15, -0.1) is 0 Å². The molecule has 3 heteroatoms. The molecule has 0 aromatic heterocycles. The number of hydrogen-bond donors (Lipinski definition) is 2. The van der Waals surface area contributed by atoms with Gasteiger partial charge in [-0.05, 0) is 51.6 Å². The standard InChI is InChI=1S/C13H27N3/c1-2-16-9-3-4-13(10-16)15-12-7-5-11(14)6-8-12/h11-13,15H,2-10,14H2,1H3. The average Bonchev–Trinajstić information content (AvgIpc) is 2.32. The van der Waals surface area contributed by atoms with E-state index in [9.17, 15) is 0 Å². The van der Waals surface area contributed by atoms with E-state index in [-0.39, 0.29) is 0 Å². The average molecular weight is 225 g/mol. The van der Waals surface area contributed by atoms with Gasteiger partial charge in [-0.1, -0.05) is 6.92 Å². The van der Waals surface area contributed by atoms with Crippen molar-refractivity contribution < 1.29 is 0 Å². The highest BCUT2D eigenvalue weighted by molar-refractivity contribution is 4.85. The van der Waals surface area contributed by atoms with Crippen LogP contribution in [0.15, 0.2) is 0 Å². The van der Waals surface area contributed by atoms with E-state index in [2.05, 4.69) is 17.1 Å². The van der Waals surface area contributed by atoms with Crippen LogP contribution in [0.3, 0.4) is 0 Å². The summed E-state index contributed by atoms with van der Waals surface area (Å²) in [5, 5.41) is 3.85. The van der Waals surface area contributed by atoms with Gasteiger partial charge in [-0.3, -0.25) is 0 Å². The molecule has 2 rings (SSSR count). The molecule has 0 radical (unpaired) electrons. The maximum Gasteiger partial charge on any atom is 0.0198 e. The maximum absolute atomic E-state index is 5.94. The third kappa shape index (κ3) is 3.44. The molecule has 1 saturated heterocycles. The lowest BCUT2D eigenvalue weighted by Gasteiger charge is -2.36. The summed E-state index contributed by atoms with van der Waals surface area (Å²) in [7, 11) is 0. The van der Waals surface area contributed by atoms with E-state index in [1.807, 2.05) is 0 Å². The predicted octanol–water partition coefficient (Wildman–Crippen LogP) is 1.33. The molecule has 1 atom stereocenters. The monoisotopic (exact) mass is 225 g/mol. The highest BCUT2D eigenvalue weighted by Crippen LogP contribution is 2.19. The number of likely N-dealkylation sites (tertiary alicyclic amines) is 1. The van der Waals surface area contributed by atoms with Gasteiger partial charge in [0.25, 0.3) is 0 Å². The van der Waals surface area contributed by atoms with Crippen LogP contribution >= 0.6 is 0 Å². The van der Waals surface area contributed by atoms with Gasteiger partial charge in [0.1, 0.15) is 0 Å². The molecule has 16 heavy (non-hydrogen) atoms. The lowest BCUT2D eigenvalue weighted by atomic mass is 9.90. The largest absolute Gasteiger partial charge is 0.328 e. The molecule has 1 heterocycles. The summed E-state index contributed by atoms with van der Waals surface area (Å²) in [4.78, 5) is 2.57. The molecule has 3 N–H and O–H groups in total. The van der Waals surface area contributed by atoms with Gasteiger partial charge >= 0.3 is 0 Å². The second-order valence-electron chi connectivity index (χ2n) is 5.51. The Kier molecular flexibility index (Phi) is 4.62. The number of likely N-dealkylation sites (N-methyl/N-ethyl adjacent to an activating group) is 1. The van der Waals surface area contributed by atoms with Crippen molar-refractivity contribution in [1.29, 1.82) is 0 Å². The molecule has 0 spiro atoms. The number of piperidine rings is 1. The Labute approximate surface area is 99.8 Å². The van der Waals surface area contributed by atoms with Crippen molar-refractivity contribution in [2.45, 2.75) is 63.6 Å². The van der Waals surface area contributed by atoms with Crippen LogP contribution in [0.5, 0.6) is 0 Å². The van der Waals surface area contributed by atoms with Gasteiger partial charge in [0.05, 0.1) is 0 Å². The zero-order valence-corrected chi connectivity index (χ0v) is 10.6. The molecule has 1 saturated carbocycles. The molecule has 1 aliphatic carbocycles. The van der Waals surface area contributed by atoms with Crippen molar-refractivity contribution >= 4 is 0 Å². The summed E-state index contributed by atoms with van der Waals surface area (Å²) in [6, 6.07) is 1.94. The molecule has 0 aromatic rings. The van der Waals surface area contributed by atoms with E-state index >= 15 is 0 Å². The summed E-state index contributed by atoms with van der Waals surface area (Å²) in [5.41, 5.74) is 5.94. The highest BCUT2D eigenvalue weighted by Gasteiger charge is 2.24. The fraction of sp³-hybridized carbons (Fsp3) is 1.00. The molecule has 0 aromatic carbocycles. The topological polar surface area (TPSA) is 41.3 Å². The van der Waals surface area contributed by atoms with Gasteiger partial charge in [0.2, 0.25) is 0 Å². The number of rotatable bonds is 3. The smallest absolute Gasteiger partial charge is 0.0198 e. The molecule has 0 amide bonds. The number of nitrogens with one attached hydrogen (secondary N) is 1. The molecular weight excluding hydrogens is 198 g/mol. The van der Waals surface area contributed by atoms with Gasteiger partial charge in [0, 0.05) is 24.7 Å². The molecule has 0 bridgehead atoms. The number of nitrogens with two attached hydrogens (primary N) is 1. The van der Waals surface area contributed by atoms with E-state index < -0.39 is 0 Å². The van der Waals surface area contributed by atoms with Crippen molar-refractivity contribution in [2.75, 3.05) is 19.6 Å². The minimum atomic E-state index is 0.469. The van der Waals surface area contributed by atoms with Crippen LogP contribution < -0.4 is 11.1 Å². The first kappa shape index (κ1) is 12.3. The van der Waals surface area contributed by atoms with Crippen LogP contribution in [0.2, 0.25) is 0 Å². The van der Waals surface area contributed by atoms with Crippen LogP contribution in [0.4, 0.5) is 0 Å². The fourth-order valence-electron chi connectivity index (χ4n) is 3.10. The minimum Gasteiger partial charge on any atom is -0.328 e. The molecule has 2 fully saturated rings. The van der Waals surface area contributed by atoms with E-state index in [0.717, 1.165) is 12.1 Å². The van der Waals surface area contributed by atoms with Crippen molar-refractivity contribution in [1.82, 2.24) is 10.2 Å². The van der Waals surface area contributed by atoms with Crippen LogP contribution in [0, 0.1) is 0 Å². The van der Waals surface area contributed by atoms with E-state index in [0.29, 0.717) is 6.04 Å². The zero-order valence-electron chi connectivity index (χ0n) is 10.6. The van der Waals surface area contributed by atoms with Gasteiger partial charge in [0.15, 0.2) is 0 Å². The van der Waals surface area contributed by atoms with Crippen molar-refractivity contribution in [3.8, 4) is 0 Å². The van der Waals surface area contributed by atoms with Crippen LogP contribution in [0.25, 0.3) is 0 Å². The summed E-state index contributed by atoms with van der Waals surface area (Å²) >= 11 is 0. The normalized spacial score (nSPS) is 37.5. The fourth-order valence-corrected chi connectivity index (χ4v) is 3.10. The Morgan fingerprint density at radius 3 is 2.56 bits per heavy atom. The Morgan fingerprint density at radius 1 is 1.12 bits per heavy atom. The van der Waals surface area contributed by atoms with Crippen molar-refractivity contribution in [2.24, 2.45) is 5.73 Å². The number of hydrogen-bond acceptors (Lipinski definition) is 3. The lowest BCUT2D eigenvalue weighted by Crippen LogP contribution is -2.50. The summed E-state index contributed by atoms with van der Waals surface area (Å²) < 4.78 is 0. The molecule has 1 unspecified atom stereocenters. The highest BCUT2D eigenvalue weighted by atomic mass is 15.2. The Morgan fingerprint density at radius 2 is 1.88 bits per heavy atom. The first-order valence-electron chi connectivity index (χ1n) is 7.02. The van der Waals surface area contributed by atoms with Crippen molar-refractivity contribution in [3.63, 3.8) is 0 Å². The Hall–Kier alpha value is -0.120. The quantitative estimate of drug-likeness (QED) is 0.761. The summed E-state index contributed by atoms with van der Waals surface area (Å²) in [6.07, 6.45) is 7.70. The first-order chi connectivity index (χ1) is 7.78. The van der Waals surface area contributed by atoms with Gasteiger partial charge in [-0.25, -0.2) is 0 Å². The van der Waals surface area contributed by atoms with Crippen LogP contribution in [-0.4, -0.2) is 42.7 Å². The molecule has 2 aliphatic rings. The Balaban J connectivity index is 1.72. The minimum absolute atomic E-state index is 0.469. The molecular formula is C13H27N3. The van der Waals surface area contributed by atoms with E-state index in [4.69, 9.17) is 5.73 Å².